The zero-order valence-corrected chi connectivity index (χ0v) is 18.3. The molecule has 1 aliphatic rings. The van der Waals surface area contributed by atoms with E-state index in [1.165, 1.54) is 24.4 Å². The second-order valence-corrected chi connectivity index (χ2v) is 8.07. The van der Waals surface area contributed by atoms with Crippen LogP contribution in [0.5, 0.6) is 0 Å². The Kier molecular flexibility index (Phi) is 6.72. The summed E-state index contributed by atoms with van der Waals surface area (Å²) in [5, 5.41) is 0. The monoisotopic (exact) mass is 450 g/mol. The van der Waals surface area contributed by atoms with Crippen LogP contribution in [0, 0.1) is 11.8 Å². The third-order valence-electron chi connectivity index (χ3n) is 5.75. The molecule has 4 rings (SSSR count). The summed E-state index contributed by atoms with van der Waals surface area (Å²) in [4.78, 5) is 35.8. The summed E-state index contributed by atoms with van der Waals surface area (Å²) < 4.78 is 27.9. The highest BCUT2D eigenvalue weighted by atomic mass is 19.1. The van der Waals surface area contributed by atoms with Gasteiger partial charge in [-0.05, 0) is 35.4 Å². The number of nitrogens with zero attached hydrogens (tertiary/aromatic N) is 4. The highest BCUT2D eigenvalue weighted by Gasteiger charge is 2.19. The van der Waals surface area contributed by atoms with Gasteiger partial charge in [0.2, 0.25) is 11.9 Å². The van der Waals surface area contributed by atoms with Crippen molar-refractivity contribution >= 4 is 17.4 Å². The first-order chi connectivity index (χ1) is 15.9. The van der Waals surface area contributed by atoms with Gasteiger partial charge in [0, 0.05) is 69.5 Å². The second-order valence-electron chi connectivity index (χ2n) is 8.07. The summed E-state index contributed by atoms with van der Waals surface area (Å²) in [6.07, 6.45) is 3.26. The van der Waals surface area contributed by atoms with Gasteiger partial charge in [0.15, 0.2) is 0 Å². The topological polar surface area (TPSA) is 66.4 Å². The Hall–Kier alpha value is -3.68. The smallest absolute Gasteiger partial charge is 0.219 e. The number of anilines is 1. The molecule has 0 bridgehead atoms. The molecule has 8 heteroatoms. The fourth-order valence-corrected chi connectivity index (χ4v) is 3.95. The van der Waals surface area contributed by atoms with Crippen molar-refractivity contribution in [3.8, 4) is 11.1 Å². The predicted molar refractivity (Wildman–Crippen MR) is 121 cm³/mol. The molecule has 0 N–H and O–H groups in total. The van der Waals surface area contributed by atoms with Crippen LogP contribution in [0.15, 0.2) is 54.9 Å². The molecule has 0 saturated carbocycles. The van der Waals surface area contributed by atoms with Gasteiger partial charge in [0.05, 0.1) is 11.9 Å². The van der Waals surface area contributed by atoms with Gasteiger partial charge in [-0.1, -0.05) is 12.1 Å². The number of hydrogen-bond donors (Lipinski definition) is 0. The molecule has 1 saturated heterocycles. The van der Waals surface area contributed by atoms with Gasteiger partial charge in [-0.3, -0.25) is 14.6 Å². The predicted octanol–water partition coefficient (Wildman–Crippen LogP) is 3.44. The van der Waals surface area contributed by atoms with Crippen molar-refractivity contribution in [1.82, 2.24) is 14.9 Å². The van der Waals surface area contributed by atoms with Crippen molar-refractivity contribution in [3.05, 3.63) is 77.9 Å². The van der Waals surface area contributed by atoms with Crippen molar-refractivity contribution in [1.29, 1.82) is 0 Å². The number of carbonyl (C=O) groups excluding carboxylic acids is 2. The lowest BCUT2D eigenvalue weighted by Crippen LogP contribution is -2.48. The van der Waals surface area contributed by atoms with E-state index in [-0.39, 0.29) is 30.1 Å². The van der Waals surface area contributed by atoms with Crippen LogP contribution in [0.25, 0.3) is 11.1 Å². The lowest BCUT2D eigenvalue weighted by molar-refractivity contribution is -0.129. The van der Waals surface area contributed by atoms with Crippen LogP contribution < -0.4 is 4.90 Å². The van der Waals surface area contributed by atoms with E-state index < -0.39 is 11.8 Å². The number of ketones is 1. The van der Waals surface area contributed by atoms with Crippen LogP contribution in [-0.2, 0) is 22.4 Å². The van der Waals surface area contributed by atoms with Crippen molar-refractivity contribution in [2.24, 2.45) is 0 Å². The van der Waals surface area contributed by atoms with Crippen molar-refractivity contribution < 1.29 is 18.4 Å². The largest absolute Gasteiger partial charge is 0.367 e. The van der Waals surface area contributed by atoms with Crippen LogP contribution in [0.1, 0.15) is 18.2 Å². The van der Waals surface area contributed by atoms with E-state index in [1.807, 2.05) is 17.0 Å². The van der Waals surface area contributed by atoms with Crippen LogP contribution >= 0.6 is 0 Å². The average Bonchev–Trinajstić information content (AvgIpc) is 2.79. The Morgan fingerprint density at radius 3 is 2.36 bits per heavy atom. The number of piperazine rings is 1. The summed E-state index contributed by atoms with van der Waals surface area (Å²) in [6, 6.07) is 11.0. The van der Waals surface area contributed by atoms with E-state index in [2.05, 4.69) is 14.9 Å². The number of aromatic nitrogens is 2. The molecule has 1 aromatic carbocycles. The Morgan fingerprint density at radius 2 is 1.73 bits per heavy atom. The van der Waals surface area contributed by atoms with E-state index in [0.29, 0.717) is 29.9 Å². The molecule has 0 unspecified atom stereocenters. The molecule has 1 aliphatic heterocycles. The van der Waals surface area contributed by atoms with Gasteiger partial charge in [-0.2, -0.15) is 4.39 Å². The number of Topliss-reactive ketones (excluding diaryl/α,β-unsaturated/α-hetero) is 1. The number of halogens is 2. The Bertz CT molecular complexity index is 1160. The van der Waals surface area contributed by atoms with Crippen LogP contribution in [-0.4, -0.2) is 52.7 Å². The Balaban J connectivity index is 1.34. The highest BCUT2D eigenvalue weighted by molar-refractivity contribution is 5.83. The molecule has 0 radical (unpaired) electrons. The molecule has 3 aromatic rings. The fourth-order valence-electron chi connectivity index (χ4n) is 3.95. The number of hydrogen-bond acceptors (Lipinski definition) is 5. The minimum Gasteiger partial charge on any atom is -0.367 e. The van der Waals surface area contributed by atoms with Gasteiger partial charge in [0.1, 0.15) is 11.6 Å². The molecule has 3 heterocycles. The van der Waals surface area contributed by atoms with Gasteiger partial charge in [0.25, 0.3) is 0 Å². The number of rotatable bonds is 6. The molecule has 0 atom stereocenters. The molecule has 1 amide bonds. The quantitative estimate of drug-likeness (QED) is 0.539. The number of amides is 1. The van der Waals surface area contributed by atoms with E-state index in [0.717, 1.165) is 18.8 Å². The van der Waals surface area contributed by atoms with Gasteiger partial charge >= 0.3 is 0 Å². The maximum Gasteiger partial charge on any atom is 0.219 e. The maximum atomic E-state index is 14.5. The van der Waals surface area contributed by atoms with Crippen molar-refractivity contribution in [3.63, 3.8) is 0 Å². The summed E-state index contributed by atoms with van der Waals surface area (Å²) in [7, 11) is 0. The zero-order chi connectivity index (χ0) is 23.4. The summed E-state index contributed by atoms with van der Waals surface area (Å²) in [5.41, 5.74) is 2.81. The lowest BCUT2D eigenvalue weighted by Gasteiger charge is -2.35. The molecule has 0 aliphatic carbocycles. The Morgan fingerprint density at radius 1 is 0.939 bits per heavy atom. The molecule has 2 aromatic heterocycles. The number of pyridine rings is 2. The lowest BCUT2D eigenvalue weighted by atomic mass is 10.0. The maximum absolute atomic E-state index is 14.5. The highest BCUT2D eigenvalue weighted by Crippen LogP contribution is 2.24. The first-order valence-electron chi connectivity index (χ1n) is 10.8. The van der Waals surface area contributed by atoms with Crippen LogP contribution in [0.3, 0.4) is 0 Å². The summed E-state index contributed by atoms with van der Waals surface area (Å²) >= 11 is 0. The molecule has 6 nitrogen and oxygen atoms in total. The van der Waals surface area contributed by atoms with Crippen molar-refractivity contribution in [2.75, 3.05) is 31.1 Å². The van der Waals surface area contributed by atoms with Crippen molar-refractivity contribution in [2.45, 2.75) is 19.8 Å². The van der Waals surface area contributed by atoms with E-state index >= 15 is 0 Å². The minimum absolute atomic E-state index is 0.0765. The van der Waals surface area contributed by atoms with Gasteiger partial charge < -0.3 is 9.80 Å². The molecule has 1 fully saturated rings. The summed E-state index contributed by atoms with van der Waals surface area (Å²) in [6.45, 7) is 4.43. The fraction of sp³-hybridized carbons (Fsp3) is 0.280. The first kappa shape index (κ1) is 22.5. The van der Waals surface area contributed by atoms with E-state index in [4.69, 9.17) is 0 Å². The number of benzene rings is 1. The second kappa shape index (κ2) is 9.85. The van der Waals surface area contributed by atoms with Crippen LogP contribution in [0.4, 0.5) is 14.5 Å². The number of carbonyl (C=O) groups is 2. The third kappa shape index (κ3) is 5.58. The SMILES string of the molecule is CC(=O)N1CCN(c2ccc(CC(=O)Cc3ccc(-c4ccnc(F)c4)c(F)c3)nc2)CC1. The molecule has 0 spiro atoms. The Labute approximate surface area is 190 Å². The zero-order valence-electron chi connectivity index (χ0n) is 18.3. The molecule has 170 valence electrons. The van der Waals surface area contributed by atoms with Crippen LogP contribution in [0.2, 0.25) is 0 Å². The van der Waals surface area contributed by atoms with E-state index in [1.54, 1.807) is 25.3 Å². The average molecular weight is 450 g/mol. The third-order valence-corrected chi connectivity index (χ3v) is 5.75. The standard InChI is InChI=1S/C25H24F2N4O2/c1-17(32)30-8-10-31(11-9-30)21-4-3-20(29-16-21)15-22(33)12-18-2-5-23(24(26)13-18)19-6-7-28-25(27)14-19/h2-7,13-14,16H,8-12,15H2,1H3. The van der Waals surface area contributed by atoms with Gasteiger partial charge in [-0.15, -0.1) is 0 Å². The minimum atomic E-state index is -0.678. The molecular weight excluding hydrogens is 426 g/mol. The first-order valence-corrected chi connectivity index (χ1v) is 10.8. The summed E-state index contributed by atoms with van der Waals surface area (Å²) in [5.74, 6) is -1.18. The normalized spacial score (nSPS) is 13.8. The van der Waals surface area contributed by atoms with E-state index in [9.17, 15) is 18.4 Å². The van der Waals surface area contributed by atoms with Gasteiger partial charge in [-0.25, -0.2) is 9.37 Å². The molecule has 33 heavy (non-hydrogen) atoms. The molecular formula is C25H24F2N4O2.